The predicted molar refractivity (Wildman–Crippen MR) is 86.5 cm³/mol. The van der Waals surface area contributed by atoms with Crippen LogP contribution in [0.5, 0.6) is 17.2 Å². The Morgan fingerprint density at radius 3 is 2.38 bits per heavy atom. The number of nitrogens with zero attached hydrogens (tertiary/aromatic N) is 1. The van der Waals surface area contributed by atoms with E-state index in [9.17, 15) is 14.5 Å². The van der Waals surface area contributed by atoms with Crippen LogP contribution in [-0.4, -0.2) is 26.3 Å². The number of methoxy groups -OCH3 is 3. The summed E-state index contributed by atoms with van der Waals surface area (Å²) in [6.45, 7) is 0.218. The van der Waals surface area contributed by atoms with Crippen LogP contribution in [0.3, 0.4) is 0 Å². The fourth-order valence-electron chi connectivity index (χ4n) is 2.30. The average molecular weight is 336 g/mol. The number of anilines is 1. The van der Waals surface area contributed by atoms with Gasteiger partial charge in [0.1, 0.15) is 11.5 Å². The van der Waals surface area contributed by atoms with Gasteiger partial charge in [-0.05, 0) is 24.3 Å². The van der Waals surface area contributed by atoms with Crippen LogP contribution < -0.4 is 19.5 Å². The normalized spacial score (nSPS) is 10.2. The second-order valence-electron chi connectivity index (χ2n) is 4.77. The van der Waals surface area contributed by atoms with Gasteiger partial charge in [0.15, 0.2) is 11.5 Å². The molecule has 0 fully saturated rings. The quantitative estimate of drug-likeness (QED) is 0.616. The highest BCUT2D eigenvalue weighted by molar-refractivity contribution is 5.63. The van der Waals surface area contributed by atoms with Crippen LogP contribution in [0.15, 0.2) is 30.3 Å². The van der Waals surface area contributed by atoms with E-state index >= 15 is 0 Å². The number of hydrogen-bond donors (Lipinski definition) is 1. The number of nitrogens with one attached hydrogen (secondary N) is 1. The van der Waals surface area contributed by atoms with Gasteiger partial charge in [-0.25, -0.2) is 4.39 Å². The first-order valence-electron chi connectivity index (χ1n) is 6.97. The Bertz CT molecular complexity index is 751. The number of benzene rings is 2. The molecular weight excluding hydrogens is 319 g/mol. The molecule has 128 valence electrons. The molecule has 0 saturated heterocycles. The Morgan fingerprint density at radius 2 is 1.79 bits per heavy atom. The van der Waals surface area contributed by atoms with Crippen molar-refractivity contribution in [1.82, 2.24) is 0 Å². The Morgan fingerprint density at radius 1 is 1.08 bits per heavy atom. The van der Waals surface area contributed by atoms with Crippen molar-refractivity contribution in [3.63, 3.8) is 0 Å². The highest BCUT2D eigenvalue weighted by Crippen LogP contribution is 2.40. The molecule has 0 aliphatic carbocycles. The van der Waals surface area contributed by atoms with Crippen molar-refractivity contribution >= 4 is 11.4 Å². The van der Waals surface area contributed by atoms with Crippen LogP contribution in [0, 0.1) is 15.9 Å². The van der Waals surface area contributed by atoms with Gasteiger partial charge >= 0.3 is 0 Å². The third-order valence-corrected chi connectivity index (χ3v) is 3.41. The zero-order valence-corrected chi connectivity index (χ0v) is 13.5. The molecule has 7 nitrogen and oxygen atoms in total. The Kier molecular flexibility index (Phi) is 5.41. The van der Waals surface area contributed by atoms with Crippen LogP contribution in [0.2, 0.25) is 0 Å². The molecule has 0 unspecified atom stereocenters. The molecule has 0 atom stereocenters. The molecule has 2 aromatic carbocycles. The minimum absolute atomic E-state index is 0.207. The summed E-state index contributed by atoms with van der Waals surface area (Å²) < 4.78 is 29.0. The van der Waals surface area contributed by atoms with Gasteiger partial charge in [0.2, 0.25) is 5.75 Å². The van der Waals surface area contributed by atoms with E-state index in [1.165, 1.54) is 27.4 Å². The third kappa shape index (κ3) is 3.48. The molecule has 0 aliphatic heterocycles. The van der Waals surface area contributed by atoms with Crippen molar-refractivity contribution in [2.24, 2.45) is 0 Å². The number of ether oxygens (including phenoxy) is 3. The van der Waals surface area contributed by atoms with E-state index in [4.69, 9.17) is 14.2 Å². The van der Waals surface area contributed by atoms with E-state index in [0.717, 1.165) is 12.1 Å². The summed E-state index contributed by atoms with van der Waals surface area (Å²) in [5.41, 5.74) is 0.571. The molecule has 2 aromatic rings. The van der Waals surface area contributed by atoms with Gasteiger partial charge in [-0.3, -0.25) is 10.1 Å². The molecule has 0 aliphatic rings. The molecular formula is C16H17FN2O5. The smallest absolute Gasteiger partial charge is 0.295 e. The lowest BCUT2D eigenvalue weighted by molar-refractivity contribution is -0.384. The monoisotopic (exact) mass is 336 g/mol. The fourth-order valence-corrected chi connectivity index (χ4v) is 2.30. The van der Waals surface area contributed by atoms with E-state index in [1.54, 1.807) is 12.1 Å². The van der Waals surface area contributed by atoms with Crippen LogP contribution in [0.4, 0.5) is 15.8 Å². The van der Waals surface area contributed by atoms with Gasteiger partial charge < -0.3 is 19.5 Å². The fraction of sp³-hybridized carbons (Fsp3) is 0.250. The lowest BCUT2D eigenvalue weighted by Gasteiger charge is -2.16. The second-order valence-corrected chi connectivity index (χ2v) is 4.77. The van der Waals surface area contributed by atoms with Crippen molar-refractivity contribution in [3.8, 4) is 17.2 Å². The Hall–Kier alpha value is -3.03. The molecule has 1 N–H and O–H groups in total. The summed E-state index contributed by atoms with van der Waals surface area (Å²) in [6.07, 6.45) is 0. The summed E-state index contributed by atoms with van der Waals surface area (Å²) in [5.74, 6) is 0.712. The van der Waals surface area contributed by atoms with Gasteiger partial charge in [-0.15, -0.1) is 0 Å². The maximum absolute atomic E-state index is 13.2. The largest absolute Gasteiger partial charge is 0.493 e. The Labute approximate surface area is 138 Å². The van der Waals surface area contributed by atoms with E-state index in [2.05, 4.69) is 5.32 Å². The van der Waals surface area contributed by atoms with Crippen molar-refractivity contribution in [1.29, 1.82) is 0 Å². The first kappa shape index (κ1) is 17.3. The van der Waals surface area contributed by atoms with Gasteiger partial charge in [-0.1, -0.05) is 0 Å². The molecule has 0 aromatic heterocycles. The van der Waals surface area contributed by atoms with Crippen molar-refractivity contribution in [2.45, 2.75) is 6.54 Å². The molecule has 0 amide bonds. The molecule has 2 rings (SSSR count). The van der Waals surface area contributed by atoms with Crippen molar-refractivity contribution in [2.75, 3.05) is 26.6 Å². The molecule has 0 spiro atoms. The lowest BCUT2D eigenvalue weighted by atomic mass is 10.1. The molecule has 0 radical (unpaired) electrons. The van der Waals surface area contributed by atoms with Gasteiger partial charge in [0.25, 0.3) is 5.69 Å². The second kappa shape index (κ2) is 7.49. The molecule has 24 heavy (non-hydrogen) atoms. The topological polar surface area (TPSA) is 82.9 Å². The SMILES string of the molecule is COc1ccc(CNc2ccc(F)cc2[N+](=O)[O-])c(OC)c1OC. The number of halogens is 1. The number of hydrogen-bond acceptors (Lipinski definition) is 6. The maximum atomic E-state index is 13.2. The molecule has 0 saturated carbocycles. The van der Waals surface area contributed by atoms with Crippen LogP contribution in [0.25, 0.3) is 0 Å². The van der Waals surface area contributed by atoms with Gasteiger partial charge in [0, 0.05) is 12.1 Å². The van der Waals surface area contributed by atoms with E-state index < -0.39 is 10.7 Å². The third-order valence-electron chi connectivity index (χ3n) is 3.41. The summed E-state index contributed by atoms with van der Waals surface area (Å²) in [6, 6.07) is 6.80. The summed E-state index contributed by atoms with van der Waals surface area (Å²) >= 11 is 0. The standard InChI is InChI=1S/C16H17FN2O5/c1-22-14-7-4-10(15(23-2)16(14)24-3)9-18-12-6-5-11(17)8-13(12)19(20)21/h4-8,18H,9H2,1-3H3. The Balaban J connectivity index is 2.32. The van der Waals surface area contributed by atoms with Gasteiger partial charge in [0.05, 0.1) is 32.3 Å². The maximum Gasteiger partial charge on any atom is 0.295 e. The van der Waals surface area contributed by atoms with Crippen molar-refractivity contribution in [3.05, 3.63) is 51.8 Å². The first-order chi connectivity index (χ1) is 11.5. The predicted octanol–water partition coefficient (Wildman–Crippen LogP) is 3.37. The minimum Gasteiger partial charge on any atom is -0.493 e. The summed E-state index contributed by atoms with van der Waals surface area (Å²) in [5, 5.41) is 13.9. The van der Waals surface area contributed by atoms with Crippen LogP contribution in [-0.2, 0) is 6.54 Å². The zero-order chi connectivity index (χ0) is 17.7. The number of nitro benzene ring substituents is 1. The van der Waals surface area contributed by atoms with Crippen molar-refractivity contribution < 1.29 is 23.5 Å². The summed E-state index contributed by atoms with van der Waals surface area (Å²) in [7, 11) is 4.49. The van der Waals surface area contributed by atoms with Crippen LogP contribution in [0.1, 0.15) is 5.56 Å². The molecule has 0 heterocycles. The number of nitro groups is 1. The molecule has 0 bridgehead atoms. The zero-order valence-electron chi connectivity index (χ0n) is 13.5. The van der Waals surface area contributed by atoms with Crippen LogP contribution >= 0.6 is 0 Å². The van der Waals surface area contributed by atoms with E-state index in [0.29, 0.717) is 22.8 Å². The molecule has 8 heteroatoms. The number of rotatable bonds is 7. The highest BCUT2D eigenvalue weighted by Gasteiger charge is 2.18. The summed E-state index contributed by atoms with van der Waals surface area (Å²) in [4.78, 5) is 10.4. The van der Waals surface area contributed by atoms with E-state index in [1.807, 2.05) is 0 Å². The lowest BCUT2D eigenvalue weighted by Crippen LogP contribution is -2.06. The first-order valence-corrected chi connectivity index (χ1v) is 6.97. The minimum atomic E-state index is -0.670. The average Bonchev–Trinajstić information content (AvgIpc) is 2.59. The van der Waals surface area contributed by atoms with E-state index in [-0.39, 0.29) is 17.9 Å². The van der Waals surface area contributed by atoms with Gasteiger partial charge in [-0.2, -0.15) is 0 Å². The highest BCUT2D eigenvalue weighted by atomic mass is 19.1.